The Bertz CT molecular complexity index is 609. The van der Waals surface area contributed by atoms with Crippen molar-refractivity contribution in [3.05, 3.63) is 54.2 Å². The fraction of sp³-hybridized carbons (Fsp3) is 0.368. The number of nitrogens with zero attached hydrogens (tertiary/aromatic N) is 1. The number of thioether (sulfide) groups is 1. The van der Waals surface area contributed by atoms with Crippen LogP contribution in [0.5, 0.6) is 5.75 Å². The molecule has 136 valence electrons. The molecule has 1 aromatic heterocycles. The van der Waals surface area contributed by atoms with Gasteiger partial charge in [-0.1, -0.05) is 19.4 Å². The van der Waals surface area contributed by atoms with Gasteiger partial charge in [-0.05, 0) is 49.2 Å². The van der Waals surface area contributed by atoms with Gasteiger partial charge in [0, 0.05) is 24.1 Å². The molecule has 0 saturated carbocycles. The zero-order valence-corrected chi connectivity index (χ0v) is 16.1. The number of unbranched alkanes of at least 4 members (excludes halogenated alkanes) is 1. The number of hydrogen-bond donors (Lipinski definition) is 1. The van der Waals surface area contributed by atoms with Crippen molar-refractivity contribution in [1.29, 1.82) is 0 Å². The Balaban J connectivity index is 0.00000312. The van der Waals surface area contributed by atoms with Crippen molar-refractivity contribution >= 4 is 30.1 Å². The molecule has 1 heterocycles. The van der Waals surface area contributed by atoms with Crippen LogP contribution in [-0.4, -0.2) is 29.8 Å². The SMILES string of the molecule is CCCCOc1ccc(C(=O)NCCCSc2ccccn2)cc1.Cl. The van der Waals surface area contributed by atoms with Crippen LogP contribution in [0.3, 0.4) is 0 Å². The first-order valence-corrected chi connectivity index (χ1v) is 9.33. The summed E-state index contributed by atoms with van der Waals surface area (Å²) in [7, 11) is 0. The molecule has 2 rings (SSSR count). The lowest BCUT2D eigenvalue weighted by molar-refractivity contribution is 0.0954. The molecule has 4 nitrogen and oxygen atoms in total. The molecule has 25 heavy (non-hydrogen) atoms. The van der Waals surface area contributed by atoms with Crippen molar-refractivity contribution in [2.45, 2.75) is 31.2 Å². The van der Waals surface area contributed by atoms with Crippen molar-refractivity contribution in [3.8, 4) is 5.75 Å². The highest BCUT2D eigenvalue weighted by molar-refractivity contribution is 7.99. The average molecular weight is 381 g/mol. The number of carbonyl (C=O) groups excluding carboxylic acids is 1. The van der Waals surface area contributed by atoms with Gasteiger partial charge in [-0.25, -0.2) is 4.98 Å². The second-order valence-electron chi connectivity index (χ2n) is 5.35. The molecule has 0 spiro atoms. The number of halogens is 1. The molecule has 0 aliphatic carbocycles. The van der Waals surface area contributed by atoms with Crippen LogP contribution in [0.25, 0.3) is 0 Å². The quantitative estimate of drug-likeness (QED) is 0.483. The van der Waals surface area contributed by atoms with E-state index < -0.39 is 0 Å². The van der Waals surface area contributed by atoms with Gasteiger partial charge in [0.05, 0.1) is 11.6 Å². The van der Waals surface area contributed by atoms with Crippen LogP contribution in [0, 0.1) is 0 Å². The Kier molecular flexibility index (Phi) is 10.8. The number of hydrogen-bond acceptors (Lipinski definition) is 4. The number of benzene rings is 1. The third-order valence-corrected chi connectivity index (χ3v) is 4.41. The zero-order chi connectivity index (χ0) is 17.0. The van der Waals surface area contributed by atoms with Gasteiger partial charge in [0.25, 0.3) is 5.91 Å². The number of carbonyl (C=O) groups is 1. The summed E-state index contributed by atoms with van der Waals surface area (Å²) < 4.78 is 5.60. The Morgan fingerprint density at radius 3 is 2.64 bits per heavy atom. The summed E-state index contributed by atoms with van der Waals surface area (Å²) >= 11 is 1.70. The maximum Gasteiger partial charge on any atom is 0.251 e. The third kappa shape index (κ3) is 8.27. The fourth-order valence-corrected chi connectivity index (χ4v) is 2.83. The van der Waals surface area contributed by atoms with Gasteiger partial charge >= 0.3 is 0 Å². The highest BCUT2D eigenvalue weighted by Crippen LogP contribution is 2.15. The monoisotopic (exact) mass is 380 g/mol. The third-order valence-electron chi connectivity index (χ3n) is 3.38. The van der Waals surface area contributed by atoms with Gasteiger partial charge in [-0.15, -0.1) is 24.2 Å². The van der Waals surface area contributed by atoms with E-state index in [9.17, 15) is 4.79 Å². The second-order valence-corrected chi connectivity index (χ2v) is 6.47. The highest BCUT2D eigenvalue weighted by atomic mass is 35.5. The van der Waals surface area contributed by atoms with Gasteiger partial charge in [0.1, 0.15) is 5.75 Å². The number of rotatable bonds is 10. The van der Waals surface area contributed by atoms with Crippen LogP contribution >= 0.6 is 24.2 Å². The lowest BCUT2D eigenvalue weighted by Gasteiger charge is -2.07. The van der Waals surface area contributed by atoms with Gasteiger partial charge in [0.15, 0.2) is 0 Å². The van der Waals surface area contributed by atoms with E-state index in [1.54, 1.807) is 30.1 Å². The topological polar surface area (TPSA) is 51.2 Å². The predicted molar refractivity (Wildman–Crippen MR) is 106 cm³/mol. The van der Waals surface area contributed by atoms with E-state index >= 15 is 0 Å². The number of aromatic nitrogens is 1. The molecule has 6 heteroatoms. The van der Waals surface area contributed by atoms with Gasteiger partial charge < -0.3 is 10.1 Å². The molecule has 2 aromatic rings. The smallest absolute Gasteiger partial charge is 0.251 e. The maximum absolute atomic E-state index is 12.1. The summed E-state index contributed by atoms with van der Waals surface area (Å²) in [4.78, 5) is 16.3. The first-order chi connectivity index (χ1) is 11.8. The second kappa shape index (κ2) is 12.6. The molecule has 0 aliphatic heterocycles. The molecule has 0 radical (unpaired) electrons. The molecule has 0 unspecified atom stereocenters. The van der Waals surface area contributed by atoms with E-state index in [1.807, 2.05) is 30.3 Å². The standard InChI is InChI=1S/C19H24N2O2S.ClH/c1-2-3-14-23-17-10-8-16(9-11-17)19(22)21-13-6-15-24-18-7-4-5-12-20-18;/h4-5,7-12H,2-3,6,13-15H2,1H3,(H,21,22);1H. The summed E-state index contributed by atoms with van der Waals surface area (Å²) in [6.07, 6.45) is 4.85. The van der Waals surface area contributed by atoms with Gasteiger partial charge in [0.2, 0.25) is 0 Å². The molecule has 0 saturated heterocycles. The number of pyridine rings is 1. The van der Waals surface area contributed by atoms with Crippen molar-refractivity contribution in [3.63, 3.8) is 0 Å². The molecule has 1 aromatic carbocycles. The maximum atomic E-state index is 12.1. The number of ether oxygens (including phenoxy) is 1. The van der Waals surface area contributed by atoms with Crippen LogP contribution in [0.2, 0.25) is 0 Å². The minimum Gasteiger partial charge on any atom is -0.494 e. The molecular weight excluding hydrogens is 356 g/mol. The van der Waals surface area contributed by atoms with Crippen molar-refractivity contribution in [2.75, 3.05) is 18.9 Å². The molecule has 0 fully saturated rings. The van der Waals surface area contributed by atoms with Crippen LogP contribution < -0.4 is 10.1 Å². The minimum absolute atomic E-state index is 0. The largest absolute Gasteiger partial charge is 0.494 e. The minimum atomic E-state index is -0.0436. The van der Waals surface area contributed by atoms with E-state index in [-0.39, 0.29) is 18.3 Å². The van der Waals surface area contributed by atoms with E-state index in [1.165, 1.54) is 0 Å². The van der Waals surface area contributed by atoms with Crippen LogP contribution in [0.4, 0.5) is 0 Å². The zero-order valence-electron chi connectivity index (χ0n) is 14.4. The Labute approximate surface area is 160 Å². The summed E-state index contributed by atoms with van der Waals surface area (Å²) in [6, 6.07) is 13.2. The first kappa shape index (κ1) is 21.3. The molecule has 0 aliphatic rings. The molecule has 0 atom stereocenters. The number of nitrogens with one attached hydrogen (secondary N) is 1. The average Bonchev–Trinajstić information content (AvgIpc) is 2.63. The number of amides is 1. The highest BCUT2D eigenvalue weighted by Gasteiger charge is 2.05. The fourth-order valence-electron chi connectivity index (χ4n) is 2.02. The summed E-state index contributed by atoms with van der Waals surface area (Å²) in [5.74, 6) is 1.70. The lowest BCUT2D eigenvalue weighted by Crippen LogP contribution is -2.24. The Morgan fingerprint density at radius 1 is 1.16 bits per heavy atom. The van der Waals surface area contributed by atoms with Crippen molar-refractivity contribution in [1.82, 2.24) is 10.3 Å². The van der Waals surface area contributed by atoms with Crippen molar-refractivity contribution < 1.29 is 9.53 Å². The van der Waals surface area contributed by atoms with Gasteiger partial charge in [-0.2, -0.15) is 0 Å². The Hall–Kier alpha value is -1.72. The molecule has 0 bridgehead atoms. The molecule has 1 amide bonds. The summed E-state index contributed by atoms with van der Waals surface area (Å²) in [5, 5.41) is 3.96. The van der Waals surface area contributed by atoms with E-state index in [0.29, 0.717) is 12.1 Å². The van der Waals surface area contributed by atoms with Crippen LogP contribution in [-0.2, 0) is 0 Å². The first-order valence-electron chi connectivity index (χ1n) is 8.34. The normalized spacial score (nSPS) is 9.96. The van der Waals surface area contributed by atoms with E-state index in [2.05, 4.69) is 17.2 Å². The lowest BCUT2D eigenvalue weighted by atomic mass is 10.2. The van der Waals surface area contributed by atoms with Crippen LogP contribution in [0.15, 0.2) is 53.7 Å². The summed E-state index contributed by atoms with van der Waals surface area (Å²) in [6.45, 7) is 3.51. The summed E-state index contributed by atoms with van der Waals surface area (Å²) in [5.41, 5.74) is 0.662. The molecule has 1 N–H and O–H groups in total. The van der Waals surface area contributed by atoms with E-state index in [4.69, 9.17) is 4.74 Å². The van der Waals surface area contributed by atoms with Crippen molar-refractivity contribution in [2.24, 2.45) is 0 Å². The molecular formula is C19H25ClN2O2S. The Morgan fingerprint density at radius 2 is 1.96 bits per heavy atom. The van der Waals surface area contributed by atoms with Crippen LogP contribution in [0.1, 0.15) is 36.5 Å². The van der Waals surface area contributed by atoms with Gasteiger partial charge in [-0.3, -0.25) is 4.79 Å². The van der Waals surface area contributed by atoms with E-state index in [0.717, 1.165) is 42.4 Å². The predicted octanol–water partition coefficient (Wildman–Crippen LogP) is 4.59.